The summed E-state index contributed by atoms with van der Waals surface area (Å²) in [7, 11) is 0. The van der Waals surface area contributed by atoms with Gasteiger partial charge in [0.25, 0.3) is 0 Å². The van der Waals surface area contributed by atoms with Crippen LogP contribution in [0, 0.1) is 0 Å². The summed E-state index contributed by atoms with van der Waals surface area (Å²) in [6.45, 7) is 4.03. The Morgan fingerprint density at radius 3 is 3.04 bits per heavy atom. The minimum atomic E-state index is 0.222. The van der Waals surface area contributed by atoms with Gasteiger partial charge in [-0.2, -0.15) is 4.98 Å². The van der Waals surface area contributed by atoms with Gasteiger partial charge in [-0.05, 0) is 42.8 Å². The van der Waals surface area contributed by atoms with Gasteiger partial charge in [-0.25, -0.2) is 4.98 Å². The molecule has 136 valence electrons. The van der Waals surface area contributed by atoms with Gasteiger partial charge in [-0.15, -0.1) is 0 Å². The van der Waals surface area contributed by atoms with Gasteiger partial charge in [0.15, 0.2) is 0 Å². The molecule has 0 radical (unpaired) electrons. The van der Waals surface area contributed by atoms with Crippen LogP contribution in [-0.2, 0) is 6.42 Å². The number of H-pyrrole nitrogens is 1. The van der Waals surface area contributed by atoms with Crippen LogP contribution >= 0.6 is 0 Å². The molecular weight excluding hydrogens is 324 g/mol. The third kappa shape index (κ3) is 3.65. The number of aromatic amines is 1. The van der Waals surface area contributed by atoms with Gasteiger partial charge in [0.1, 0.15) is 5.82 Å². The molecule has 3 aromatic rings. The molecule has 0 bridgehead atoms. The van der Waals surface area contributed by atoms with E-state index < -0.39 is 0 Å². The van der Waals surface area contributed by atoms with E-state index in [4.69, 9.17) is 15.7 Å². The maximum Gasteiger partial charge on any atom is 0.229 e. The van der Waals surface area contributed by atoms with Crippen molar-refractivity contribution in [2.24, 2.45) is 5.73 Å². The van der Waals surface area contributed by atoms with Crippen LogP contribution in [0.15, 0.2) is 36.5 Å². The van der Waals surface area contributed by atoms with Gasteiger partial charge < -0.3 is 20.9 Å². The normalized spacial score (nSPS) is 17.6. The van der Waals surface area contributed by atoms with E-state index in [-0.39, 0.29) is 6.04 Å². The summed E-state index contributed by atoms with van der Waals surface area (Å²) in [6.07, 6.45) is 6.15. The van der Waals surface area contributed by atoms with Gasteiger partial charge in [0.05, 0.1) is 0 Å². The van der Waals surface area contributed by atoms with Gasteiger partial charge in [-0.1, -0.05) is 19.4 Å². The summed E-state index contributed by atoms with van der Waals surface area (Å²) in [6, 6.07) is 10.6. The van der Waals surface area contributed by atoms with Crippen LogP contribution in [0.3, 0.4) is 0 Å². The summed E-state index contributed by atoms with van der Waals surface area (Å²) < 4.78 is 0. The van der Waals surface area contributed by atoms with Gasteiger partial charge in [0, 0.05) is 48.3 Å². The molecule has 0 amide bonds. The summed E-state index contributed by atoms with van der Waals surface area (Å²) in [4.78, 5) is 15.0. The molecule has 1 atom stereocenters. The molecule has 6 nitrogen and oxygen atoms in total. The highest BCUT2D eigenvalue weighted by Gasteiger charge is 2.19. The number of hydrogen-bond acceptors (Lipinski definition) is 5. The Balaban J connectivity index is 1.63. The predicted molar refractivity (Wildman–Crippen MR) is 107 cm³/mol. The lowest BCUT2D eigenvalue weighted by atomic mass is 10.1. The molecule has 26 heavy (non-hydrogen) atoms. The first-order valence-corrected chi connectivity index (χ1v) is 9.44. The number of benzene rings is 1. The highest BCUT2D eigenvalue weighted by atomic mass is 15.2. The summed E-state index contributed by atoms with van der Waals surface area (Å²) in [5, 5.41) is 4.57. The molecule has 1 unspecified atom stereocenters. The average Bonchev–Trinajstić information content (AvgIpc) is 3.09. The second-order valence-electron chi connectivity index (χ2n) is 7.04. The van der Waals surface area contributed by atoms with Gasteiger partial charge >= 0.3 is 0 Å². The Hall–Kier alpha value is -2.60. The van der Waals surface area contributed by atoms with Crippen molar-refractivity contribution in [3.63, 3.8) is 0 Å². The topological polar surface area (TPSA) is 82.9 Å². The van der Waals surface area contributed by atoms with Crippen molar-refractivity contribution in [2.45, 2.75) is 38.6 Å². The highest BCUT2D eigenvalue weighted by molar-refractivity contribution is 5.83. The molecular formula is C20H26N6. The van der Waals surface area contributed by atoms with E-state index in [1.807, 2.05) is 6.20 Å². The maximum atomic E-state index is 6.16. The van der Waals surface area contributed by atoms with E-state index in [0.717, 1.165) is 61.5 Å². The fourth-order valence-corrected chi connectivity index (χ4v) is 3.56. The smallest absolute Gasteiger partial charge is 0.229 e. The molecule has 6 heteroatoms. The lowest BCUT2D eigenvalue weighted by Gasteiger charge is -2.32. The van der Waals surface area contributed by atoms with Crippen molar-refractivity contribution in [2.75, 3.05) is 23.3 Å². The fourth-order valence-electron chi connectivity index (χ4n) is 3.56. The molecule has 0 saturated carbocycles. The third-order valence-corrected chi connectivity index (χ3v) is 4.86. The van der Waals surface area contributed by atoms with Crippen LogP contribution in [0.1, 0.15) is 31.9 Å². The monoisotopic (exact) mass is 350 g/mol. The van der Waals surface area contributed by atoms with Crippen molar-refractivity contribution in [1.29, 1.82) is 0 Å². The first-order chi connectivity index (χ1) is 12.7. The van der Waals surface area contributed by atoms with Crippen molar-refractivity contribution in [1.82, 2.24) is 15.0 Å². The second-order valence-corrected chi connectivity index (χ2v) is 7.04. The van der Waals surface area contributed by atoms with E-state index in [1.54, 1.807) is 0 Å². The molecule has 1 fully saturated rings. The van der Waals surface area contributed by atoms with Crippen LogP contribution in [0.5, 0.6) is 0 Å². The molecule has 1 aliphatic heterocycles. The lowest BCUT2D eigenvalue weighted by Crippen LogP contribution is -2.43. The molecule has 1 aromatic carbocycles. The summed E-state index contributed by atoms with van der Waals surface area (Å²) in [5.41, 5.74) is 9.31. The third-order valence-electron chi connectivity index (χ3n) is 4.86. The quantitative estimate of drug-likeness (QED) is 0.655. The minimum Gasteiger partial charge on any atom is -0.361 e. The largest absolute Gasteiger partial charge is 0.361 e. The number of aromatic nitrogens is 3. The molecule has 4 rings (SSSR count). The average molecular weight is 350 g/mol. The molecule has 0 aliphatic carbocycles. The SMILES string of the molecule is CCCc1cc(N2CCCC(N)C2)nc(Nc2ccc3cc[nH]c3c2)n1. The number of anilines is 3. The van der Waals surface area contributed by atoms with Gasteiger partial charge in [-0.3, -0.25) is 0 Å². The van der Waals surface area contributed by atoms with Crippen molar-refractivity contribution >= 4 is 28.4 Å². The zero-order valence-corrected chi connectivity index (χ0v) is 15.2. The molecule has 0 spiro atoms. The second kappa shape index (κ2) is 7.33. The predicted octanol–water partition coefficient (Wildman–Crippen LogP) is 3.58. The highest BCUT2D eigenvalue weighted by Crippen LogP contribution is 2.24. The van der Waals surface area contributed by atoms with E-state index >= 15 is 0 Å². The molecule has 3 heterocycles. The minimum absolute atomic E-state index is 0.222. The lowest BCUT2D eigenvalue weighted by molar-refractivity contribution is 0.503. The Kier molecular flexibility index (Phi) is 4.75. The maximum absolute atomic E-state index is 6.16. The number of piperidine rings is 1. The van der Waals surface area contributed by atoms with Crippen LogP contribution in [0.4, 0.5) is 17.5 Å². The summed E-state index contributed by atoms with van der Waals surface area (Å²) >= 11 is 0. The zero-order valence-electron chi connectivity index (χ0n) is 15.2. The summed E-state index contributed by atoms with van der Waals surface area (Å²) in [5.74, 6) is 1.62. The molecule has 1 aliphatic rings. The number of nitrogens with two attached hydrogens (primary N) is 1. The molecule has 4 N–H and O–H groups in total. The molecule has 2 aromatic heterocycles. The van der Waals surface area contributed by atoms with Crippen LogP contribution in [0.2, 0.25) is 0 Å². The number of aryl methyl sites for hydroxylation is 1. The van der Waals surface area contributed by atoms with Crippen LogP contribution in [-0.4, -0.2) is 34.1 Å². The fraction of sp³-hybridized carbons (Fsp3) is 0.400. The first-order valence-electron chi connectivity index (χ1n) is 9.44. The number of fused-ring (bicyclic) bond motifs is 1. The van der Waals surface area contributed by atoms with Crippen molar-refractivity contribution in [3.8, 4) is 0 Å². The van der Waals surface area contributed by atoms with E-state index in [0.29, 0.717) is 5.95 Å². The Bertz CT molecular complexity index is 887. The number of rotatable bonds is 5. The first kappa shape index (κ1) is 16.8. The Morgan fingerprint density at radius 1 is 1.27 bits per heavy atom. The van der Waals surface area contributed by atoms with E-state index in [1.165, 1.54) is 5.39 Å². The van der Waals surface area contributed by atoms with Crippen molar-refractivity contribution in [3.05, 3.63) is 42.2 Å². The van der Waals surface area contributed by atoms with Crippen LogP contribution in [0.25, 0.3) is 10.9 Å². The Labute approximate surface area is 153 Å². The van der Waals surface area contributed by atoms with Crippen molar-refractivity contribution < 1.29 is 0 Å². The van der Waals surface area contributed by atoms with E-state index in [9.17, 15) is 0 Å². The van der Waals surface area contributed by atoms with Crippen LogP contribution < -0.4 is 16.0 Å². The standard InChI is InChI=1S/C20H26N6/c1-2-4-16-12-19(26-10-3-5-15(21)13-26)25-20(23-16)24-17-7-6-14-8-9-22-18(14)11-17/h6-9,11-12,15,22H,2-5,10,13,21H2,1H3,(H,23,24,25). The Morgan fingerprint density at radius 2 is 2.19 bits per heavy atom. The number of nitrogens with zero attached hydrogens (tertiary/aromatic N) is 3. The number of nitrogens with one attached hydrogen (secondary N) is 2. The van der Waals surface area contributed by atoms with Gasteiger partial charge in [0.2, 0.25) is 5.95 Å². The zero-order chi connectivity index (χ0) is 17.9. The molecule has 1 saturated heterocycles. The van der Waals surface area contributed by atoms with E-state index in [2.05, 4.69) is 52.5 Å². The number of hydrogen-bond donors (Lipinski definition) is 3.